The zero-order valence-corrected chi connectivity index (χ0v) is 14.3. The predicted octanol–water partition coefficient (Wildman–Crippen LogP) is 4.70. The lowest BCUT2D eigenvalue weighted by Crippen LogP contribution is -1.93. The molecule has 0 unspecified atom stereocenters. The van der Waals surface area contributed by atoms with Gasteiger partial charge in [-0.1, -0.05) is 41.9 Å². The molecule has 3 aromatic rings. The van der Waals surface area contributed by atoms with Crippen LogP contribution in [0.2, 0.25) is 0 Å². The van der Waals surface area contributed by atoms with Crippen molar-refractivity contribution in [2.24, 2.45) is 0 Å². The van der Waals surface area contributed by atoms with E-state index >= 15 is 0 Å². The van der Waals surface area contributed by atoms with Crippen LogP contribution in [0.25, 0.3) is 22.4 Å². The van der Waals surface area contributed by atoms with Crippen LogP contribution in [0.15, 0.2) is 53.1 Å². The third-order valence-corrected chi connectivity index (χ3v) is 3.83. The molecule has 0 radical (unpaired) electrons. The summed E-state index contributed by atoms with van der Waals surface area (Å²) in [6.07, 6.45) is 2.98. The van der Waals surface area contributed by atoms with E-state index in [9.17, 15) is 15.2 Å². The van der Waals surface area contributed by atoms with Crippen molar-refractivity contribution in [3.05, 3.63) is 70.2 Å². The van der Waals surface area contributed by atoms with E-state index in [4.69, 9.17) is 20.8 Å². The number of ether oxygens (including phenoxy) is 1. The average Bonchev–Trinajstić information content (AvgIpc) is 3.14. The monoisotopic (exact) mass is 372 g/mol. The SMILES string of the molecule is COc1cc(/C=C(\Cl)c2ncc(-c3ccccc3)o2)cc([N+](=O)[O-])c1O. The number of halogens is 1. The fourth-order valence-electron chi connectivity index (χ4n) is 2.32. The topological polar surface area (TPSA) is 98.6 Å². The van der Waals surface area contributed by atoms with Crippen LogP contribution in [-0.4, -0.2) is 22.1 Å². The molecular weight excluding hydrogens is 360 g/mol. The Balaban J connectivity index is 1.97. The van der Waals surface area contributed by atoms with E-state index in [0.717, 1.165) is 5.56 Å². The van der Waals surface area contributed by atoms with E-state index in [-0.39, 0.29) is 16.7 Å². The molecule has 1 N–H and O–H groups in total. The first-order valence-corrected chi connectivity index (χ1v) is 7.81. The van der Waals surface area contributed by atoms with E-state index < -0.39 is 16.4 Å². The molecule has 0 bridgehead atoms. The number of rotatable bonds is 5. The number of oxazole rings is 1. The summed E-state index contributed by atoms with van der Waals surface area (Å²) in [5, 5.41) is 21.0. The standard InChI is InChI=1S/C18H13ClN2O5/c1-25-15-9-11(8-14(17(15)22)21(23)24)7-13(19)18-20-10-16(26-18)12-5-3-2-4-6-12/h2-10,22H,1H3/b13-7-. The highest BCUT2D eigenvalue weighted by molar-refractivity contribution is 6.50. The Kier molecular flexibility index (Phi) is 4.90. The lowest BCUT2D eigenvalue weighted by atomic mass is 10.1. The molecule has 0 spiro atoms. The lowest BCUT2D eigenvalue weighted by molar-refractivity contribution is -0.386. The molecule has 8 heteroatoms. The summed E-state index contributed by atoms with van der Waals surface area (Å²) in [7, 11) is 1.30. The van der Waals surface area contributed by atoms with Crippen LogP contribution in [0, 0.1) is 10.1 Å². The number of nitro benzene ring substituents is 1. The maximum absolute atomic E-state index is 11.1. The van der Waals surface area contributed by atoms with Crippen LogP contribution in [0.5, 0.6) is 11.5 Å². The molecule has 0 fully saturated rings. The molecule has 0 aliphatic carbocycles. The van der Waals surface area contributed by atoms with E-state index in [2.05, 4.69) is 4.98 Å². The van der Waals surface area contributed by atoms with Gasteiger partial charge in [0.2, 0.25) is 11.6 Å². The van der Waals surface area contributed by atoms with E-state index in [1.54, 1.807) is 6.20 Å². The number of phenolic OH excluding ortho intramolecular Hbond substituents is 1. The third-order valence-electron chi connectivity index (χ3n) is 3.56. The Morgan fingerprint density at radius 2 is 2.08 bits per heavy atom. The second-order valence-electron chi connectivity index (χ2n) is 5.24. The van der Waals surface area contributed by atoms with Crippen LogP contribution < -0.4 is 4.74 Å². The summed E-state index contributed by atoms with van der Waals surface area (Å²) in [4.78, 5) is 14.5. The summed E-state index contributed by atoms with van der Waals surface area (Å²) in [5.74, 6) is 0.127. The van der Waals surface area contributed by atoms with Crippen molar-refractivity contribution in [1.29, 1.82) is 0 Å². The highest BCUT2D eigenvalue weighted by Crippen LogP contribution is 2.38. The van der Waals surface area contributed by atoms with Crippen molar-refractivity contribution in [3.63, 3.8) is 0 Å². The first kappa shape index (κ1) is 17.5. The minimum Gasteiger partial charge on any atom is -0.500 e. The van der Waals surface area contributed by atoms with E-state index in [0.29, 0.717) is 11.3 Å². The fraction of sp³-hybridized carbons (Fsp3) is 0.0556. The van der Waals surface area contributed by atoms with Crippen LogP contribution in [0.4, 0.5) is 5.69 Å². The van der Waals surface area contributed by atoms with Gasteiger partial charge >= 0.3 is 5.69 Å². The zero-order chi connectivity index (χ0) is 18.7. The molecular formula is C18H13ClN2O5. The molecule has 26 heavy (non-hydrogen) atoms. The average molecular weight is 373 g/mol. The molecule has 3 rings (SSSR count). The van der Waals surface area contributed by atoms with Crippen molar-refractivity contribution < 1.29 is 19.2 Å². The highest BCUT2D eigenvalue weighted by Gasteiger charge is 2.20. The first-order chi connectivity index (χ1) is 12.5. The number of nitrogens with zero attached hydrogens (tertiary/aromatic N) is 2. The van der Waals surface area contributed by atoms with E-state index in [1.165, 1.54) is 25.3 Å². The number of phenols is 1. The maximum atomic E-state index is 11.1. The molecule has 1 heterocycles. The minimum atomic E-state index is -0.707. The number of aromatic hydroxyl groups is 1. The van der Waals surface area contributed by atoms with Crippen molar-refractivity contribution >= 4 is 28.4 Å². The molecule has 0 aliphatic heterocycles. The summed E-state index contributed by atoms with van der Waals surface area (Å²) in [5.41, 5.74) is 0.714. The van der Waals surface area contributed by atoms with Gasteiger partial charge in [-0.3, -0.25) is 10.1 Å². The van der Waals surface area contributed by atoms with Crippen LogP contribution in [0.1, 0.15) is 11.5 Å². The molecule has 7 nitrogen and oxygen atoms in total. The van der Waals surface area contributed by atoms with Crippen molar-refractivity contribution in [3.8, 4) is 22.8 Å². The molecule has 0 amide bonds. The number of methoxy groups -OCH3 is 1. The molecule has 132 valence electrons. The Hall–Kier alpha value is -3.32. The first-order valence-electron chi connectivity index (χ1n) is 7.44. The highest BCUT2D eigenvalue weighted by atomic mass is 35.5. The van der Waals surface area contributed by atoms with E-state index in [1.807, 2.05) is 30.3 Å². The number of hydrogen-bond acceptors (Lipinski definition) is 6. The quantitative estimate of drug-likeness (QED) is 0.514. The minimum absolute atomic E-state index is 0.0349. The summed E-state index contributed by atoms with van der Waals surface area (Å²) >= 11 is 6.24. The Morgan fingerprint density at radius 1 is 1.35 bits per heavy atom. The number of nitro groups is 1. The van der Waals surface area contributed by atoms with Gasteiger partial charge in [-0.05, 0) is 17.7 Å². The Morgan fingerprint density at radius 3 is 2.73 bits per heavy atom. The number of benzene rings is 2. The smallest absolute Gasteiger partial charge is 0.315 e. The van der Waals surface area contributed by atoms with Gasteiger partial charge < -0.3 is 14.3 Å². The van der Waals surface area contributed by atoms with Gasteiger partial charge in [-0.25, -0.2) is 4.98 Å². The van der Waals surface area contributed by atoms with Gasteiger partial charge in [-0.15, -0.1) is 0 Å². The van der Waals surface area contributed by atoms with Gasteiger partial charge in [0.15, 0.2) is 11.5 Å². The third kappa shape index (κ3) is 3.52. The summed E-state index contributed by atoms with van der Waals surface area (Å²) in [6.45, 7) is 0. The van der Waals surface area contributed by atoms with Gasteiger partial charge in [0.1, 0.15) is 5.03 Å². The van der Waals surface area contributed by atoms with Crippen molar-refractivity contribution in [2.75, 3.05) is 7.11 Å². The van der Waals surface area contributed by atoms with Crippen molar-refractivity contribution in [1.82, 2.24) is 4.98 Å². The molecule has 0 saturated heterocycles. The fourth-order valence-corrected chi connectivity index (χ4v) is 2.53. The largest absolute Gasteiger partial charge is 0.500 e. The predicted molar refractivity (Wildman–Crippen MR) is 97.0 cm³/mol. The number of aromatic nitrogens is 1. The summed E-state index contributed by atoms with van der Waals surface area (Å²) < 4.78 is 10.6. The van der Waals surface area contributed by atoms with Gasteiger partial charge in [-0.2, -0.15) is 0 Å². The Labute approximate surface area is 153 Å². The second kappa shape index (κ2) is 7.28. The Bertz CT molecular complexity index is 983. The molecule has 2 aromatic carbocycles. The molecule has 0 aliphatic rings. The maximum Gasteiger partial charge on any atom is 0.315 e. The van der Waals surface area contributed by atoms with Gasteiger partial charge in [0.05, 0.1) is 18.2 Å². The number of hydrogen-bond donors (Lipinski definition) is 1. The van der Waals surface area contributed by atoms with Gasteiger partial charge in [0, 0.05) is 11.6 Å². The molecule has 0 saturated carbocycles. The van der Waals surface area contributed by atoms with Crippen LogP contribution in [0.3, 0.4) is 0 Å². The lowest BCUT2D eigenvalue weighted by Gasteiger charge is -2.05. The van der Waals surface area contributed by atoms with Crippen molar-refractivity contribution in [2.45, 2.75) is 0 Å². The molecule has 0 atom stereocenters. The van der Waals surface area contributed by atoms with Crippen LogP contribution >= 0.6 is 11.6 Å². The zero-order valence-electron chi connectivity index (χ0n) is 13.5. The summed E-state index contributed by atoms with van der Waals surface area (Å²) in [6, 6.07) is 12.0. The second-order valence-corrected chi connectivity index (χ2v) is 5.64. The van der Waals surface area contributed by atoms with Gasteiger partial charge in [0.25, 0.3) is 0 Å². The van der Waals surface area contributed by atoms with Crippen LogP contribution in [-0.2, 0) is 0 Å². The normalized spacial score (nSPS) is 11.4. The molecule has 1 aromatic heterocycles.